The van der Waals surface area contributed by atoms with E-state index >= 15 is 0 Å². The normalized spacial score (nSPS) is 11.0. The third kappa shape index (κ3) is 3.55. The van der Waals surface area contributed by atoms with Crippen LogP contribution in [0.3, 0.4) is 0 Å². The van der Waals surface area contributed by atoms with Crippen molar-refractivity contribution in [3.8, 4) is 0 Å². The highest BCUT2D eigenvalue weighted by Gasteiger charge is 2.14. The Bertz CT molecular complexity index is 1160. The minimum absolute atomic E-state index is 0.155. The molecule has 27 heavy (non-hydrogen) atoms. The van der Waals surface area contributed by atoms with Crippen LogP contribution in [0.1, 0.15) is 21.6 Å². The second-order valence-corrected chi connectivity index (χ2v) is 6.55. The molecule has 0 radical (unpaired) electrons. The number of benzene rings is 2. The highest BCUT2D eigenvalue weighted by Crippen LogP contribution is 2.19. The molecule has 0 fully saturated rings. The number of oxazole rings is 1. The lowest BCUT2D eigenvalue weighted by molar-refractivity contribution is 0.103. The van der Waals surface area contributed by atoms with E-state index in [1.165, 1.54) is 0 Å². The van der Waals surface area contributed by atoms with Crippen LogP contribution >= 0.6 is 11.6 Å². The highest BCUT2D eigenvalue weighted by molar-refractivity contribution is 6.30. The van der Waals surface area contributed by atoms with E-state index in [0.29, 0.717) is 40.2 Å². The molecule has 0 aliphatic heterocycles. The number of pyridine rings is 1. The molecule has 4 rings (SSSR count). The Morgan fingerprint density at radius 3 is 2.56 bits per heavy atom. The van der Waals surface area contributed by atoms with Gasteiger partial charge in [-0.25, -0.2) is 4.79 Å². The Hall–Kier alpha value is -3.18. The summed E-state index contributed by atoms with van der Waals surface area (Å²) in [5.74, 6) is -0.602. The molecule has 0 spiro atoms. The first kappa shape index (κ1) is 17.2. The molecule has 2 heterocycles. The van der Waals surface area contributed by atoms with Crippen LogP contribution in [0.25, 0.3) is 11.1 Å². The Morgan fingerprint density at radius 1 is 1.04 bits per heavy atom. The molecule has 0 N–H and O–H groups in total. The van der Waals surface area contributed by atoms with E-state index in [1.54, 1.807) is 53.2 Å². The summed E-state index contributed by atoms with van der Waals surface area (Å²) in [4.78, 5) is 29.1. The number of aryl methyl sites for hydroxylation is 2. The van der Waals surface area contributed by atoms with Gasteiger partial charge in [0, 0.05) is 41.0 Å². The minimum Gasteiger partial charge on any atom is -0.408 e. The van der Waals surface area contributed by atoms with Gasteiger partial charge in [0.05, 0.1) is 5.52 Å². The van der Waals surface area contributed by atoms with E-state index in [1.807, 2.05) is 18.2 Å². The summed E-state index contributed by atoms with van der Waals surface area (Å²) < 4.78 is 6.90. The van der Waals surface area contributed by atoms with Crippen molar-refractivity contribution in [2.45, 2.75) is 13.0 Å². The van der Waals surface area contributed by atoms with Crippen molar-refractivity contribution in [2.24, 2.45) is 0 Å². The fourth-order valence-corrected chi connectivity index (χ4v) is 3.09. The third-order valence-electron chi connectivity index (χ3n) is 4.35. The summed E-state index contributed by atoms with van der Waals surface area (Å²) >= 11 is 5.87. The van der Waals surface area contributed by atoms with Crippen LogP contribution in [0, 0.1) is 0 Å². The molecule has 6 heteroatoms. The molecule has 0 aliphatic carbocycles. The standard InChI is InChI=1S/C21H15ClN2O3/c22-16-7-4-14(5-8-16)20(25)15-6-9-18-19(13-15)27-21(26)24(18)12-10-17-3-1-2-11-23-17/h1-9,11,13H,10,12H2. The molecule has 0 saturated carbocycles. The molecule has 0 atom stereocenters. The van der Waals surface area contributed by atoms with Gasteiger partial charge in [-0.2, -0.15) is 0 Å². The third-order valence-corrected chi connectivity index (χ3v) is 4.61. The summed E-state index contributed by atoms with van der Waals surface area (Å²) in [5, 5.41) is 0.568. The van der Waals surface area contributed by atoms with E-state index in [4.69, 9.17) is 16.0 Å². The summed E-state index contributed by atoms with van der Waals surface area (Å²) in [6.07, 6.45) is 2.33. The molecule has 0 aliphatic rings. The van der Waals surface area contributed by atoms with E-state index in [2.05, 4.69) is 4.98 Å². The summed E-state index contributed by atoms with van der Waals surface area (Å²) in [6.45, 7) is 0.452. The highest BCUT2D eigenvalue weighted by atomic mass is 35.5. The van der Waals surface area contributed by atoms with Crippen LogP contribution in [0.15, 0.2) is 76.1 Å². The van der Waals surface area contributed by atoms with Gasteiger partial charge in [-0.15, -0.1) is 0 Å². The summed E-state index contributed by atoms with van der Waals surface area (Å²) in [5.41, 5.74) is 2.92. The topological polar surface area (TPSA) is 65.1 Å². The Kier molecular flexibility index (Phi) is 4.60. The average Bonchev–Trinajstić information content (AvgIpc) is 3.01. The van der Waals surface area contributed by atoms with Crippen molar-refractivity contribution >= 4 is 28.5 Å². The number of hydrogen-bond donors (Lipinski definition) is 0. The van der Waals surface area contributed by atoms with Gasteiger partial charge >= 0.3 is 5.76 Å². The zero-order valence-corrected chi connectivity index (χ0v) is 15.0. The van der Waals surface area contributed by atoms with Gasteiger partial charge in [-0.1, -0.05) is 17.7 Å². The zero-order chi connectivity index (χ0) is 18.8. The second-order valence-electron chi connectivity index (χ2n) is 6.11. The predicted octanol–water partition coefficient (Wildman–Crippen LogP) is 4.12. The van der Waals surface area contributed by atoms with Crippen molar-refractivity contribution in [2.75, 3.05) is 0 Å². The first-order chi connectivity index (χ1) is 13.1. The molecule has 0 amide bonds. The van der Waals surface area contributed by atoms with Crippen LogP contribution in [-0.2, 0) is 13.0 Å². The fourth-order valence-electron chi connectivity index (χ4n) is 2.96. The molecule has 134 valence electrons. The van der Waals surface area contributed by atoms with E-state index < -0.39 is 5.76 Å². The lowest BCUT2D eigenvalue weighted by Crippen LogP contribution is -2.15. The molecule has 2 aromatic carbocycles. The summed E-state index contributed by atoms with van der Waals surface area (Å²) in [7, 11) is 0. The maximum absolute atomic E-state index is 12.6. The van der Waals surface area contributed by atoms with Crippen molar-refractivity contribution in [1.29, 1.82) is 0 Å². The second kappa shape index (κ2) is 7.21. The number of rotatable bonds is 5. The Morgan fingerprint density at radius 2 is 1.81 bits per heavy atom. The first-order valence-corrected chi connectivity index (χ1v) is 8.83. The van der Waals surface area contributed by atoms with E-state index in [0.717, 1.165) is 5.69 Å². The van der Waals surface area contributed by atoms with Gasteiger partial charge in [0.1, 0.15) is 0 Å². The fraction of sp³-hybridized carbons (Fsp3) is 0.0952. The smallest absolute Gasteiger partial charge is 0.408 e. The lowest BCUT2D eigenvalue weighted by atomic mass is 10.0. The summed E-state index contributed by atoms with van der Waals surface area (Å²) in [6, 6.07) is 17.4. The lowest BCUT2D eigenvalue weighted by Gasteiger charge is -2.04. The maximum atomic E-state index is 12.6. The van der Waals surface area contributed by atoms with Crippen molar-refractivity contribution in [1.82, 2.24) is 9.55 Å². The molecule has 0 bridgehead atoms. The van der Waals surface area contributed by atoms with Gasteiger partial charge in [0.15, 0.2) is 11.4 Å². The zero-order valence-electron chi connectivity index (χ0n) is 14.3. The number of hydrogen-bond acceptors (Lipinski definition) is 4. The number of carbonyl (C=O) groups is 1. The average molecular weight is 379 g/mol. The molecule has 5 nitrogen and oxygen atoms in total. The SMILES string of the molecule is O=C(c1ccc(Cl)cc1)c1ccc2c(c1)oc(=O)n2CCc1ccccn1. The van der Waals surface area contributed by atoms with Crippen molar-refractivity contribution in [3.63, 3.8) is 0 Å². The number of nitrogens with zero attached hydrogens (tertiary/aromatic N) is 2. The number of fused-ring (bicyclic) bond motifs is 1. The number of aromatic nitrogens is 2. The van der Waals surface area contributed by atoms with Crippen molar-refractivity contribution < 1.29 is 9.21 Å². The minimum atomic E-state index is -0.447. The molecular weight excluding hydrogens is 364 g/mol. The Balaban J connectivity index is 1.63. The largest absolute Gasteiger partial charge is 0.419 e. The number of carbonyl (C=O) groups excluding carboxylic acids is 1. The molecule has 0 saturated heterocycles. The molecule has 0 unspecified atom stereocenters. The van der Waals surface area contributed by atoms with Gasteiger partial charge in [0.25, 0.3) is 0 Å². The molecular formula is C21H15ClN2O3. The molecule has 2 aromatic heterocycles. The predicted molar refractivity (Wildman–Crippen MR) is 103 cm³/mol. The molecule has 4 aromatic rings. The Labute approximate surface area is 159 Å². The van der Waals surface area contributed by atoms with Crippen molar-refractivity contribution in [3.05, 3.63) is 99.3 Å². The monoisotopic (exact) mass is 378 g/mol. The van der Waals surface area contributed by atoms with E-state index in [9.17, 15) is 9.59 Å². The number of halogens is 1. The van der Waals surface area contributed by atoms with Gasteiger partial charge < -0.3 is 4.42 Å². The maximum Gasteiger partial charge on any atom is 0.419 e. The van der Waals surface area contributed by atoms with Crippen LogP contribution in [0.2, 0.25) is 5.02 Å². The van der Waals surface area contributed by atoms with Gasteiger partial charge in [-0.3, -0.25) is 14.3 Å². The van der Waals surface area contributed by atoms with Crippen LogP contribution in [0.4, 0.5) is 0 Å². The van der Waals surface area contributed by atoms with Crippen LogP contribution in [-0.4, -0.2) is 15.3 Å². The first-order valence-electron chi connectivity index (χ1n) is 8.45. The van der Waals surface area contributed by atoms with Gasteiger partial charge in [0.2, 0.25) is 0 Å². The van der Waals surface area contributed by atoms with Gasteiger partial charge in [-0.05, 0) is 54.6 Å². The van der Waals surface area contributed by atoms with Crippen LogP contribution < -0.4 is 5.76 Å². The van der Waals surface area contributed by atoms with E-state index in [-0.39, 0.29) is 5.78 Å². The quantitative estimate of drug-likeness (QED) is 0.490. The van der Waals surface area contributed by atoms with Crippen LogP contribution in [0.5, 0.6) is 0 Å². The number of ketones is 1.